The number of nitrogens with zero attached hydrogens (tertiary/aromatic N) is 3. The van der Waals surface area contributed by atoms with Gasteiger partial charge in [-0.15, -0.1) is 0 Å². The highest BCUT2D eigenvalue weighted by atomic mass is 32.2. The topological polar surface area (TPSA) is 138 Å². The van der Waals surface area contributed by atoms with Crippen LogP contribution in [-0.4, -0.2) is 72.7 Å². The van der Waals surface area contributed by atoms with Crippen molar-refractivity contribution in [3.63, 3.8) is 0 Å². The molecule has 0 aromatic heterocycles. The van der Waals surface area contributed by atoms with Gasteiger partial charge in [-0.3, -0.25) is 4.79 Å². The minimum atomic E-state index is -3.65. The fourth-order valence-corrected chi connectivity index (χ4v) is 6.84. The second-order valence-electron chi connectivity index (χ2n) is 9.43. The zero-order valence-corrected chi connectivity index (χ0v) is 19.2. The number of fused-ring (bicyclic) bond motifs is 1. The Morgan fingerprint density at radius 2 is 1.97 bits per heavy atom. The van der Waals surface area contributed by atoms with Crippen molar-refractivity contribution in [1.29, 1.82) is 5.26 Å². The van der Waals surface area contributed by atoms with Gasteiger partial charge in [-0.05, 0) is 55.9 Å². The Kier molecular flexibility index (Phi) is 6.05. The van der Waals surface area contributed by atoms with Crippen LogP contribution in [0.4, 0.5) is 5.69 Å². The van der Waals surface area contributed by atoms with Gasteiger partial charge in [-0.25, -0.2) is 18.9 Å². The van der Waals surface area contributed by atoms with Crippen molar-refractivity contribution in [2.75, 3.05) is 25.0 Å². The highest BCUT2D eigenvalue weighted by molar-refractivity contribution is 7.89. The summed E-state index contributed by atoms with van der Waals surface area (Å²) in [6, 6.07) is 8.91. The third kappa shape index (κ3) is 4.34. The van der Waals surface area contributed by atoms with E-state index in [4.69, 9.17) is 0 Å². The van der Waals surface area contributed by atoms with Crippen LogP contribution in [-0.2, 0) is 14.8 Å². The molecule has 11 heteroatoms. The van der Waals surface area contributed by atoms with Crippen molar-refractivity contribution >= 4 is 21.6 Å². The minimum absolute atomic E-state index is 0.0106. The highest BCUT2D eigenvalue weighted by Crippen LogP contribution is 2.41. The lowest BCUT2D eigenvalue weighted by molar-refractivity contribution is -0.128. The predicted molar refractivity (Wildman–Crippen MR) is 120 cm³/mol. The summed E-state index contributed by atoms with van der Waals surface area (Å²) in [5.41, 5.74) is 4.17. The molecule has 4 aliphatic rings. The van der Waals surface area contributed by atoms with Crippen LogP contribution in [0.2, 0.25) is 0 Å². The van der Waals surface area contributed by atoms with Crippen molar-refractivity contribution < 1.29 is 18.3 Å². The molecular formula is C22H30N6O4S. The molecule has 3 aliphatic heterocycles. The normalized spacial score (nSPS) is 31.6. The van der Waals surface area contributed by atoms with E-state index in [1.165, 1.54) is 4.31 Å². The van der Waals surface area contributed by atoms with Crippen LogP contribution in [0.1, 0.15) is 32.1 Å². The van der Waals surface area contributed by atoms with Gasteiger partial charge >= 0.3 is 0 Å². The first kappa shape index (κ1) is 22.6. The first-order chi connectivity index (χ1) is 15.9. The maximum atomic E-state index is 12.8. The van der Waals surface area contributed by atoms with Gasteiger partial charge in [0.2, 0.25) is 15.9 Å². The molecule has 1 aromatic carbocycles. The third-order valence-corrected chi connectivity index (χ3v) is 9.10. The van der Waals surface area contributed by atoms with Gasteiger partial charge < -0.3 is 15.7 Å². The number of benzene rings is 1. The summed E-state index contributed by atoms with van der Waals surface area (Å²) in [4.78, 5) is 12.9. The smallest absolute Gasteiger partial charge is 0.243 e. The van der Waals surface area contributed by atoms with E-state index in [2.05, 4.69) is 27.1 Å². The molecule has 1 aliphatic carbocycles. The summed E-state index contributed by atoms with van der Waals surface area (Å²) in [6.07, 6.45) is 2.92. The Hall–Kier alpha value is -2.23. The predicted octanol–water partition coefficient (Wildman–Crippen LogP) is 0.197. The van der Waals surface area contributed by atoms with E-state index in [9.17, 15) is 23.6 Å². The van der Waals surface area contributed by atoms with Crippen molar-refractivity contribution in [3.8, 4) is 6.07 Å². The Balaban J connectivity index is 1.33. The molecule has 4 N–H and O–H groups in total. The molecule has 1 saturated carbocycles. The number of β-amino-alcohol motifs (C(OH)–C–C–N with tert-alkyl or cyclic N) is 1. The molecule has 33 heavy (non-hydrogen) atoms. The summed E-state index contributed by atoms with van der Waals surface area (Å²) < 4.78 is 26.9. The largest absolute Gasteiger partial charge is 0.392 e. The number of carbonyl (C=O) groups is 1. The molecule has 178 valence electrons. The number of nitriles is 1. The molecule has 10 nitrogen and oxygen atoms in total. The molecule has 0 radical (unpaired) electrons. The summed E-state index contributed by atoms with van der Waals surface area (Å²) in [5, 5.41) is 27.5. The molecule has 3 saturated heterocycles. The summed E-state index contributed by atoms with van der Waals surface area (Å²) >= 11 is 0. The van der Waals surface area contributed by atoms with E-state index >= 15 is 0 Å². The molecule has 5 atom stereocenters. The van der Waals surface area contributed by atoms with E-state index in [0.29, 0.717) is 37.5 Å². The second kappa shape index (κ2) is 8.85. The van der Waals surface area contributed by atoms with E-state index in [1.807, 2.05) is 0 Å². The number of hydrogen-bond acceptors (Lipinski definition) is 8. The van der Waals surface area contributed by atoms with Crippen molar-refractivity contribution in [2.24, 2.45) is 11.8 Å². The van der Waals surface area contributed by atoms with Crippen molar-refractivity contribution in [3.05, 3.63) is 24.3 Å². The summed E-state index contributed by atoms with van der Waals surface area (Å²) in [6.45, 7) is 1.05. The number of aliphatic hydroxyl groups excluding tert-OH is 1. The average molecular weight is 475 g/mol. The number of amides is 1. The van der Waals surface area contributed by atoms with Gasteiger partial charge in [0, 0.05) is 37.4 Å². The number of sulfonamides is 1. The number of piperidine rings is 1. The van der Waals surface area contributed by atoms with Gasteiger partial charge in [-0.2, -0.15) is 9.57 Å². The number of rotatable bonds is 7. The standard InChI is InChI=1S/C22H30N6O4S/c23-10-7-18(14-1-2-14)28-19-8-11-24-22(30)20(19)21(26-28)25-15-3-5-17(6-4-15)33(31,32)27-12-9-16(29)13-27/h3-6,14,16,18-21,25-26,29H,1-2,7-9,11-13H2,(H,24,30)/t16-,18-,19?,20?,21?/m0/s1. The molecule has 3 heterocycles. The Morgan fingerprint density at radius 1 is 1.21 bits per heavy atom. The SMILES string of the molecule is N#CC[C@@H](C1CC1)N1NC(Nc2ccc(S(=O)(=O)N3CC[C@H](O)C3)cc2)C2C(=O)NCCC21. The molecule has 0 bridgehead atoms. The first-order valence-electron chi connectivity index (χ1n) is 11.6. The summed E-state index contributed by atoms with van der Waals surface area (Å²) in [5.74, 6) is 0.153. The van der Waals surface area contributed by atoms with Crippen LogP contribution in [0.15, 0.2) is 29.2 Å². The van der Waals surface area contributed by atoms with E-state index in [1.54, 1.807) is 24.3 Å². The second-order valence-corrected chi connectivity index (χ2v) is 11.4. The summed E-state index contributed by atoms with van der Waals surface area (Å²) in [7, 11) is -3.65. The van der Waals surface area contributed by atoms with Crippen LogP contribution >= 0.6 is 0 Å². The van der Waals surface area contributed by atoms with Crippen LogP contribution < -0.4 is 16.1 Å². The quantitative estimate of drug-likeness (QED) is 0.440. The van der Waals surface area contributed by atoms with Gasteiger partial charge in [0.15, 0.2) is 0 Å². The van der Waals surface area contributed by atoms with Crippen LogP contribution in [0, 0.1) is 23.2 Å². The van der Waals surface area contributed by atoms with Crippen molar-refractivity contribution in [1.82, 2.24) is 20.1 Å². The number of hydrogen-bond donors (Lipinski definition) is 4. The van der Waals surface area contributed by atoms with Crippen LogP contribution in [0.3, 0.4) is 0 Å². The van der Waals surface area contributed by atoms with Gasteiger partial charge in [0.05, 0.1) is 29.4 Å². The fourth-order valence-electron chi connectivity index (χ4n) is 5.35. The maximum absolute atomic E-state index is 12.8. The number of aliphatic hydroxyl groups is 1. The van der Waals surface area contributed by atoms with Gasteiger partial charge in [-0.1, -0.05) is 0 Å². The highest BCUT2D eigenvalue weighted by Gasteiger charge is 2.51. The molecule has 1 amide bonds. The minimum Gasteiger partial charge on any atom is -0.392 e. The number of carbonyl (C=O) groups excluding carboxylic acids is 1. The van der Waals surface area contributed by atoms with Crippen LogP contribution in [0.5, 0.6) is 0 Å². The lowest BCUT2D eigenvalue weighted by Crippen LogP contribution is -2.52. The molecule has 4 fully saturated rings. The Labute approximate surface area is 193 Å². The van der Waals surface area contributed by atoms with Crippen LogP contribution in [0.25, 0.3) is 0 Å². The monoisotopic (exact) mass is 474 g/mol. The Morgan fingerprint density at radius 3 is 2.61 bits per heavy atom. The molecule has 5 rings (SSSR count). The first-order valence-corrected chi connectivity index (χ1v) is 13.1. The molecular weight excluding hydrogens is 444 g/mol. The average Bonchev–Trinajstić information content (AvgIpc) is 3.44. The molecule has 1 aromatic rings. The number of anilines is 1. The lowest BCUT2D eigenvalue weighted by Gasteiger charge is -2.34. The van der Waals surface area contributed by atoms with E-state index < -0.39 is 16.1 Å². The van der Waals surface area contributed by atoms with Gasteiger partial charge in [0.1, 0.15) is 6.17 Å². The zero-order chi connectivity index (χ0) is 23.2. The van der Waals surface area contributed by atoms with E-state index in [0.717, 1.165) is 19.3 Å². The Bertz CT molecular complexity index is 1040. The van der Waals surface area contributed by atoms with Crippen molar-refractivity contribution in [2.45, 2.75) is 61.4 Å². The molecule has 3 unspecified atom stereocenters. The fraction of sp³-hybridized carbons (Fsp3) is 0.636. The van der Waals surface area contributed by atoms with Gasteiger partial charge in [0.25, 0.3) is 0 Å². The maximum Gasteiger partial charge on any atom is 0.243 e. The lowest BCUT2D eigenvalue weighted by atomic mass is 9.90. The molecule has 0 spiro atoms. The number of hydrazine groups is 1. The third-order valence-electron chi connectivity index (χ3n) is 7.23. The zero-order valence-electron chi connectivity index (χ0n) is 18.4. The number of nitrogens with one attached hydrogen (secondary N) is 3. The van der Waals surface area contributed by atoms with E-state index in [-0.39, 0.29) is 41.5 Å².